The third kappa shape index (κ3) is 2.70. The van der Waals surface area contributed by atoms with Crippen LogP contribution in [-0.2, 0) is 0 Å². The number of anilines is 1. The molecule has 4 nitrogen and oxygen atoms in total. The molecule has 0 unspecified atom stereocenters. The Morgan fingerprint density at radius 2 is 1.74 bits per heavy atom. The minimum atomic E-state index is -0.219. The van der Waals surface area contributed by atoms with Gasteiger partial charge < -0.3 is 10.7 Å². The lowest BCUT2D eigenvalue weighted by Gasteiger charge is -2.05. The molecule has 0 saturated heterocycles. The fourth-order valence-corrected chi connectivity index (χ4v) is 2.57. The summed E-state index contributed by atoms with van der Waals surface area (Å²) in [7, 11) is 0. The van der Waals surface area contributed by atoms with Gasteiger partial charge in [0.2, 0.25) is 5.78 Å². The van der Waals surface area contributed by atoms with E-state index < -0.39 is 0 Å². The van der Waals surface area contributed by atoms with Crippen molar-refractivity contribution in [2.45, 2.75) is 0 Å². The molecule has 0 radical (unpaired) electrons. The summed E-state index contributed by atoms with van der Waals surface area (Å²) in [5, 5.41) is 9.97. The second-order valence-electron chi connectivity index (χ2n) is 4.98. The van der Waals surface area contributed by atoms with Crippen LogP contribution in [0, 0.1) is 11.3 Å². The number of nitrogen functional groups attached to an aromatic ring is 1. The zero-order chi connectivity index (χ0) is 16.4. The van der Waals surface area contributed by atoms with Crippen molar-refractivity contribution >= 4 is 23.2 Å². The summed E-state index contributed by atoms with van der Waals surface area (Å²) in [5.41, 5.74) is 8.16. The van der Waals surface area contributed by atoms with Gasteiger partial charge in [0.05, 0.1) is 5.69 Å². The number of nitrogens with two attached hydrogens (primary N) is 1. The highest BCUT2D eigenvalue weighted by Gasteiger charge is 2.23. The van der Waals surface area contributed by atoms with Crippen LogP contribution in [-0.4, -0.2) is 10.8 Å². The van der Waals surface area contributed by atoms with Gasteiger partial charge in [-0.1, -0.05) is 54.1 Å². The minimum absolute atomic E-state index is 0.178. The number of hydrogen-bond donors (Lipinski definition) is 2. The average Bonchev–Trinajstić information content (AvgIpc) is 2.92. The number of nitrogens with zero attached hydrogens (tertiary/aromatic N) is 1. The van der Waals surface area contributed by atoms with Crippen LogP contribution in [0.4, 0.5) is 5.82 Å². The first-order valence-electron chi connectivity index (χ1n) is 6.89. The number of hydrogen-bond acceptors (Lipinski definition) is 3. The molecule has 0 aliphatic rings. The van der Waals surface area contributed by atoms with Crippen molar-refractivity contribution in [2.75, 3.05) is 5.73 Å². The molecule has 5 heteroatoms. The normalized spacial score (nSPS) is 10.3. The highest BCUT2D eigenvalue weighted by atomic mass is 35.5. The smallest absolute Gasteiger partial charge is 0.209 e. The fourth-order valence-electron chi connectivity index (χ4n) is 2.44. The number of H-pyrrole nitrogens is 1. The molecule has 1 aromatic heterocycles. The summed E-state index contributed by atoms with van der Waals surface area (Å²) in [6, 6.07) is 17.8. The van der Waals surface area contributed by atoms with E-state index in [0.29, 0.717) is 27.4 Å². The maximum atomic E-state index is 12.8. The third-order valence-corrected chi connectivity index (χ3v) is 3.79. The van der Waals surface area contributed by atoms with Crippen molar-refractivity contribution < 1.29 is 4.79 Å². The van der Waals surface area contributed by atoms with Crippen LogP contribution < -0.4 is 5.73 Å². The summed E-state index contributed by atoms with van der Waals surface area (Å²) in [5.74, 6) is -0.0412. The lowest BCUT2D eigenvalue weighted by molar-refractivity contribution is 0.103. The first kappa shape index (κ1) is 14.9. The van der Waals surface area contributed by atoms with Gasteiger partial charge in [-0.25, -0.2) is 0 Å². The first-order valence-corrected chi connectivity index (χ1v) is 7.27. The van der Waals surface area contributed by atoms with E-state index in [-0.39, 0.29) is 17.2 Å². The van der Waals surface area contributed by atoms with Gasteiger partial charge in [-0.15, -0.1) is 0 Å². The standard InChI is InChI=1S/C18H12ClN3O/c19-13-8-6-11(7-9-13)15-14(10-20)18(21)22-16(15)17(23)12-4-2-1-3-5-12/h1-9,22H,21H2. The largest absolute Gasteiger partial charge is 0.384 e. The van der Waals surface area contributed by atoms with Crippen LogP contribution in [0.15, 0.2) is 54.6 Å². The van der Waals surface area contributed by atoms with Gasteiger partial charge in [-0.05, 0) is 17.7 Å². The number of nitrogens with one attached hydrogen (secondary N) is 1. The number of carbonyl (C=O) groups is 1. The monoisotopic (exact) mass is 321 g/mol. The molecule has 0 atom stereocenters. The van der Waals surface area contributed by atoms with Crippen molar-refractivity contribution in [2.24, 2.45) is 0 Å². The van der Waals surface area contributed by atoms with Crippen LogP contribution >= 0.6 is 11.6 Å². The molecule has 0 amide bonds. The number of carbonyl (C=O) groups excluding carboxylic acids is 1. The number of rotatable bonds is 3. The molecule has 0 bridgehead atoms. The van der Waals surface area contributed by atoms with Gasteiger partial charge in [0.1, 0.15) is 17.5 Å². The molecule has 3 aromatic rings. The predicted molar refractivity (Wildman–Crippen MR) is 90.2 cm³/mol. The molecule has 0 aliphatic heterocycles. The molecule has 0 saturated carbocycles. The Morgan fingerprint density at radius 3 is 2.35 bits per heavy atom. The Morgan fingerprint density at radius 1 is 1.09 bits per heavy atom. The predicted octanol–water partition coefficient (Wildman–Crippen LogP) is 4.02. The van der Waals surface area contributed by atoms with Crippen molar-refractivity contribution in [3.05, 3.63) is 76.4 Å². The highest BCUT2D eigenvalue weighted by molar-refractivity contribution is 6.30. The van der Waals surface area contributed by atoms with Gasteiger partial charge in [-0.3, -0.25) is 4.79 Å². The van der Waals surface area contributed by atoms with E-state index in [0.717, 1.165) is 0 Å². The molecule has 0 spiro atoms. The van der Waals surface area contributed by atoms with Crippen LogP contribution in [0.1, 0.15) is 21.6 Å². The third-order valence-electron chi connectivity index (χ3n) is 3.54. The second-order valence-corrected chi connectivity index (χ2v) is 5.41. The molecular formula is C18H12ClN3O. The number of ketones is 1. The summed E-state index contributed by atoms with van der Waals surface area (Å²) in [6.45, 7) is 0. The highest BCUT2D eigenvalue weighted by Crippen LogP contribution is 2.33. The Hall–Kier alpha value is -3.03. The van der Waals surface area contributed by atoms with Crippen molar-refractivity contribution in [1.82, 2.24) is 4.98 Å². The molecule has 1 heterocycles. The topological polar surface area (TPSA) is 82.7 Å². The van der Waals surface area contributed by atoms with E-state index in [2.05, 4.69) is 11.1 Å². The van der Waals surface area contributed by atoms with Gasteiger partial charge >= 0.3 is 0 Å². The van der Waals surface area contributed by atoms with Crippen LogP contribution in [0.3, 0.4) is 0 Å². The summed E-state index contributed by atoms with van der Waals surface area (Å²) >= 11 is 5.91. The lowest BCUT2D eigenvalue weighted by Crippen LogP contribution is -2.03. The van der Waals surface area contributed by atoms with Crippen LogP contribution in [0.2, 0.25) is 5.02 Å². The second kappa shape index (κ2) is 5.99. The Bertz CT molecular complexity index is 906. The molecule has 0 aliphatic carbocycles. The Labute approximate surface area is 138 Å². The molecule has 23 heavy (non-hydrogen) atoms. The molecule has 3 rings (SSSR count). The van der Waals surface area contributed by atoms with Crippen molar-refractivity contribution in [1.29, 1.82) is 5.26 Å². The summed E-state index contributed by atoms with van der Waals surface area (Å²) < 4.78 is 0. The lowest BCUT2D eigenvalue weighted by atomic mass is 9.97. The SMILES string of the molecule is N#Cc1c(N)[nH]c(C(=O)c2ccccc2)c1-c1ccc(Cl)cc1. The first-order chi connectivity index (χ1) is 11.1. The quantitative estimate of drug-likeness (QED) is 0.715. The van der Waals surface area contributed by atoms with E-state index in [4.69, 9.17) is 17.3 Å². The zero-order valence-electron chi connectivity index (χ0n) is 12.0. The molecule has 2 aromatic carbocycles. The molecule has 112 valence electrons. The zero-order valence-corrected chi connectivity index (χ0v) is 12.8. The van der Waals surface area contributed by atoms with E-state index >= 15 is 0 Å². The number of aromatic nitrogens is 1. The number of nitriles is 1. The van der Waals surface area contributed by atoms with E-state index in [1.807, 2.05) is 6.07 Å². The van der Waals surface area contributed by atoms with E-state index in [9.17, 15) is 10.1 Å². The Kier molecular flexibility index (Phi) is 3.88. The maximum Gasteiger partial charge on any atom is 0.209 e. The van der Waals surface area contributed by atoms with E-state index in [1.54, 1.807) is 48.5 Å². The summed E-state index contributed by atoms with van der Waals surface area (Å²) in [4.78, 5) is 15.6. The van der Waals surface area contributed by atoms with Gasteiger partial charge in [0.15, 0.2) is 0 Å². The summed E-state index contributed by atoms with van der Waals surface area (Å²) in [6.07, 6.45) is 0. The van der Waals surface area contributed by atoms with Crippen molar-refractivity contribution in [3.63, 3.8) is 0 Å². The number of benzene rings is 2. The number of aromatic amines is 1. The van der Waals surface area contributed by atoms with Crippen LogP contribution in [0.25, 0.3) is 11.1 Å². The van der Waals surface area contributed by atoms with Crippen molar-refractivity contribution in [3.8, 4) is 17.2 Å². The number of halogens is 1. The fraction of sp³-hybridized carbons (Fsp3) is 0. The van der Waals surface area contributed by atoms with Gasteiger partial charge in [0.25, 0.3) is 0 Å². The average molecular weight is 322 g/mol. The Balaban J connectivity index is 2.21. The van der Waals surface area contributed by atoms with Gasteiger partial charge in [-0.2, -0.15) is 5.26 Å². The maximum absolute atomic E-state index is 12.8. The van der Waals surface area contributed by atoms with Gasteiger partial charge in [0, 0.05) is 16.1 Å². The molecule has 3 N–H and O–H groups in total. The molecular weight excluding hydrogens is 310 g/mol. The van der Waals surface area contributed by atoms with E-state index in [1.165, 1.54) is 0 Å². The minimum Gasteiger partial charge on any atom is -0.384 e. The molecule has 0 fully saturated rings. The van der Waals surface area contributed by atoms with Crippen LogP contribution in [0.5, 0.6) is 0 Å².